The van der Waals surface area contributed by atoms with Crippen LogP contribution in [0.15, 0.2) is 54.3 Å². The van der Waals surface area contributed by atoms with Gasteiger partial charge in [0.05, 0.1) is 32.5 Å². The standard InChI is InChI=1S/C27H24O7/c1-15-7-6-8-17(9-15)27(29)33-19-10-16(2)25-23(13-19)34-24(26(25)28)12-18-11-21(31-4)22(32-5)14-20(18)30-3/h6-14H,1-5H3/b24-12-. The fourth-order valence-corrected chi connectivity index (χ4v) is 3.78. The van der Waals surface area contributed by atoms with Crippen molar-refractivity contribution in [1.29, 1.82) is 0 Å². The van der Waals surface area contributed by atoms with E-state index in [1.54, 1.807) is 55.5 Å². The number of hydrogen-bond acceptors (Lipinski definition) is 7. The lowest BCUT2D eigenvalue weighted by atomic mass is 10.0. The Kier molecular flexibility index (Phi) is 6.27. The first-order valence-electron chi connectivity index (χ1n) is 10.5. The Morgan fingerprint density at radius 1 is 0.882 bits per heavy atom. The first-order valence-corrected chi connectivity index (χ1v) is 10.5. The lowest BCUT2D eigenvalue weighted by Crippen LogP contribution is -2.09. The van der Waals surface area contributed by atoms with Crippen molar-refractivity contribution in [2.24, 2.45) is 0 Å². The van der Waals surface area contributed by atoms with Crippen molar-refractivity contribution in [1.82, 2.24) is 0 Å². The summed E-state index contributed by atoms with van der Waals surface area (Å²) in [6.45, 7) is 3.67. The summed E-state index contributed by atoms with van der Waals surface area (Å²) in [5.74, 6) is 1.44. The van der Waals surface area contributed by atoms with E-state index in [-0.39, 0.29) is 11.5 Å². The van der Waals surface area contributed by atoms with Gasteiger partial charge in [0.1, 0.15) is 17.2 Å². The van der Waals surface area contributed by atoms with Crippen LogP contribution in [-0.4, -0.2) is 33.1 Å². The third kappa shape index (κ3) is 4.32. The molecule has 0 N–H and O–H groups in total. The van der Waals surface area contributed by atoms with Gasteiger partial charge in [-0.1, -0.05) is 17.7 Å². The molecule has 0 spiro atoms. The predicted molar refractivity (Wildman–Crippen MR) is 126 cm³/mol. The molecule has 0 radical (unpaired) electrons. The van der Waals surface area contributed by atoms with Gasteiger partial charge in [-0.2, -0.15) is 0 Å². The quantitative estimate of drug-likeness (QED) is 0.285. The van der Waals surface area contributed by atoms with Gasteiger partial charge >= 0.3 is 5.97 Å². The molecule has 0 aromatic heterocycles. The van der Waals surface area contributed by atoms with Crippen molar-refractivity contribution in [3.05, 3.63) is 82.1 Å². The van der Waals surface area contributed by atoms with Crippen molar-refractivity contribution in [2.75, 3.05) is 21.3 Å². The number of carbonyl (C=O) groups excluding carboxylic acids is 2. The number of aryl methyl sites for hydroxylation is 2. The van der Waals surface area contributed by atoms with E-state index in [0.717, 1.165) is 5.56 Å². The molecule has 0 amide bonds. The number of ether oxygens (including phenoxy) is 5. The third-order valence-corrected chi connectivity index (χ3v) is 5.43. The lowest BCUT2D eigenvalue weighted by molar-refractivity contribution is 0.0734. The van der Waals surface area contributed by atoms with Gasteiger partial charge in [0, 0.05) is 17.7 Å². The minimum absolute atomic E-state index is 0.116. The Morgan fingerprint density at radius 2 is 1.59 bits per heavy atom. The molecular weight excluding hydrogens is 436 g/mol. The van der Waals surface area contributed by atoms with Crippen LogP contribution in [0.5, 0.6) is 28.7 Å². The molecule has 34 heavy (non-hydrogen) atoms. The second-order valence-corrected chi connectivity index (χ2v) is 7.76. The Hall–Kier alpha value is -4.26. The lowest BCUT2D eigenvalue weighted by Gasteiger charge is -2.12. The second kappa shape index (κ2) is 9.31. The highest BCUT2D eigenvalue weighted by Gasteiger charge is 2.31. The van der Waals surface area contributed by atoms with Crippen LogP contribution < -0.4 is 23.7 Å². The highest BCUT2D eigenvalue weighted by atomic mass is 16.5. The maximum absolute atomic E-state index is 13.1. The van der Waals surface area contributed by atoms with Crippen LogP contribution in [0.4, 0.5) is 0 Å². The maximum Gasteiger partial charge on any atom is 0.343 e. The van der Waals surface area contributed by atoms with Crippen molar-refractivity contribution in [3.8, 4) is 28.7 Å². The number of ketones is 1. The van der Waals surface area contributed by atoms with Crippen molar-refractivity contribution >= 4 is 17.8 Å². The number of fused-ring (bicyclic) bond motifs is 1. The first kappa shape index (κ1) is 22.9. The van der Waals surface area contributed by atoms with Crippen LogP contribution in [0.3, 0.4) is 0 Å². The van der Waals surface area contributed by atoms with Crippen molar-refractivity contribution in [2.45, 2.75) is 13.8 Å². The van der Waals surface area contributed by atoms with Crippen LogP contribution in [0.1, 0.15) is 37.4 Å². The van der Waals surface area contributed by atoms with E-state index in [2.05, 4.69) is 0 Å². The summed E-state index contributed by atoms with van der Waals surface area (Å²) >= 11 is 0. The molecule has 0 unspecified atom stereocenters. The average molecular weight is 460 g/mol. The number of carbonyl (C=O) groups is 2. The van der Waals surface area contributed by atoms with Gasteiger partial charge in [-0.3, -0.25) is 4.79 Å². The molecule has 1 aliphatic heterocycles. The van der Waals surface area contributed by atoms with Gasteiger partial charge in [0.2, 0.25) is 5.78 Å². The number of Topliss-reactive ketones (excluding diaryl/α,β-unsaturated/α-hetero) is 1. The fraction of sp³-hybridized carbons (Fsp3) is 0.185. The number of rotatable bonds is 6. The van der Waals surface area contributed by atoms with Crippen LogP contribution in [-0.2, 0) is 0 Å². The van der Waals surface area contributed by atoms with Crippen molar-refractivity contribution in [3.63, 3.8) is 0 Å². The summed E-state index contributed by atoms with van der Waals surface area (Å²) in [5.41, 5.74) is 3.03. The molecule has 7 heteroatoms. The monoisotopic (exact) mass is 460 g/mol. The van der Waals surface area contributed by atoms with Gasteiger partial charge < -0.3 is 23.7 Å². The molecule has 0 saturated heterocycles. The van der Waals surface area contributed by atoms with Gasteiger partial charge in [-0.15, -0.1) is 0 Å². The highest BCUT2D eigenvalue weighted by molar-refractivity contribution is 6.15. The molecule has 0 aliphatic carbocycles. The summed E-state index contributed by atoms with van der Waals surface area (Å²) in [6.07, 6.45) is 1.58. The minimum Gasteiger partial charge on any atom is -0.496 e. The van der Waals surface area contributed by atoms with E-state index in [9.17, 15) is 9.59 Å². The van der Waals surface area contributed by atoms with Crippen LogP contribution >= 0.6 is 0 Å². The molecule has 174 valence electrons. The summed E-state index contributed by atoms with van der Waals surface area (Å²) in [7, 11) is 4.58. The summed E-state index contributed by atoms with van der Waals surface area (Å²) in [4.78, 5) is 25.6. The first-order chi connectivity index (χ1) is 16.3. The SMILES string of the molecule is COc1cc(OC)c(OC)cc1/C=C1\Oc2cc(OC(=O)c3cccc(C)c3)cc(C)c2C1=O. The van der Waals surface area contributed by atoms with Gasteiger partial charge in [0.15, 0.2) is 17.3 Å². The molecule has 0 atom stereocenters. The summed E-state index contributed by atoms with van der Waals surface area (Å²) in [6, 6.07) is 13.7. The van der Waals surface area contributed by atoms with E-state index in [1.807, 2.05) is 13.0 Å². The molecule has 7 nitrogen and oxygen atoms in total. The molecule has 0 bridgehead atoms. The molecular formula is C27H24O7. The van der Waals surface area contributed by atoms with E-state index < -0.39 is 5.97 Å². The zero-order chi connectivity index (χ0) is 24.4. The molecule has 1 aliphatic rings. The molecule has 4 rings (SSSR count). The van der Waals surface area contributed by atoms with Gasteiger partial charge in [0.25, 0.3) is 0 Å². The summed E-state index contributed by atoms with van der Waals surface area (Å²) in [5, 5.41) is 0. The molecule has 0 saturated carbocycles. The van der Waals surface area contributed by atoms with Crippen LogP contribution in [0.25, 0.3) is 6.08 Å². The number of allylic oxidation sites excluding steroid dienone is 1. The fourth-order valence-electron chi connectivity index (χ4n) is 3.78. The second-order valence-electron chi connectivity index (χ2n) is 7.76. The van der Waals surface area contributed by atoms with Gasteiger partial charge in [-0.25, -0.2) is 4.79 Å². The van der Waals surface area contributed by atoms with E-state index in [4.69, 9.17) is 23.7 Å². The number of methoxy groups -OCH3 is 3. The Bertz CT molecular complexity index is 1320. The normalized spacial score (nSPS) is 13.3. The van der Waals surface area contributed by atoms with E-state index in [0.29, 0.717) is 51.0 Å². The van der Waals surface area contributed by atoms with Crippen molar-refractivity contribution < 1.29 is 33.3 Å². The number of esters is 1. The molecule has 3 aromatic carbocycles. The smallest absolute Gasteiger partial charge is 0.343 e. The molecule has 3 aromatic rings. The molecule has 1 heterocycles. The minimum atomic E-state index is -0.488. The zero-order valence-electron chi connectivity index (χ0n) is 19.6. The average Bonchev–Trinajstić information content (AvgIpc) is 3.13. The van der Waals surface area contributed by atoms with Crippen LogP contribution in [0, 0.1) is 13.8 Å². The highest BCUT2D eigenvalue weighted by Crippen LogP contribution is 2.40. The Balaban J connectivity index is 1.65. The Labute approximate surface area is 197 Å². The largest absolute Gasteiger partial charge is 0.496 e. The number of benzene rings is 3. The predicted octanol–water partition coefficient (Wildman–Crippen LogP) is 5.16. The molecule has 0 fully saturated rings. The van der Waals surface area contributed by atoms with Crippen LogP contribution in [0.2, 0.25) is 0 Å². The number of hydrogen-bond donors (Lipinski definition) is 0. The van der Waals surface area contributed by atoms with Gasteiger partial charge in [-0.05, 0) is 49.8 Å². The summed E-state index contributed by atoms with van der Waals surface area (Å²) < 4.78 is 27.5. The Morgan fingerprint density at radius 3 is 2.26 bits per heavy atom. The topological polar surface area (TPSA) is 80.3 Å². The van der Waals surface area contributed by atoms with E-state index in [1.165, 1.54) is 21.3 Å². The maximum atomic E-state index is 13.1. The van der Waals surface area contributed by atoms with E-state index >= 15 is 0 Å². The third-order valence-electron chi connectivity index (χ3n) is 5.43. The zero-order valence-corrected chi connectivity index (χ0v) is 19.6.